The number of piperazine rings is 1. The maximum atomic E-state index is 13.0. The van der Waals surface area contributed by atoms with Gasteiger partial charge in [0.25, 0.3) is 0 Å². The molecule has 0 aliphatic carbocycles. The maximum Gasteiger partial charge on any atom is 0.223 e. The van der Waals surface area contributed by atoms with Crippen LogP contribution in [-0.2, 0) is 11.2 Å². The highest BCUT2D eigenvalue weighted by atomic mass is 35.5. The second-order valence-electron chi connectivity index (χ2n) is 6.58. The molecule has 5 nitrogen and oxygen atoms in total. The zero-order chi connectivity index (χ0) is 17.8. The number of nitrogens with one attached hydrogen (secondary N) is 1. The third-order valence-corrected chi connectivity index (χ3v) is 4.98. The smallest absolute Gasteiger partial charge is 0.223 e. The summed E-state index contributed by atoms with van der Waals surface area (Å²) in [5.41, 5.74) is 3.24. The number of amides is 1. The molecule has 4 rings (SSSR count). The molecule has 1 aromatic carbocycles. The van der Waals surface area contributed by atoms with E-state index in [0.717, 1.165) is 42.5 Å². The minimum absolute atomic E-state index is 0. The van der Waals surface area contributed by atoms with Crippen molar-refractivity contribution in [1.82, 2.24) is 20.2 Å². The first-order valence-corrected chi connectivity index (χ1v) is 9.05. The van der Waals surface area contributed by atoms with Crippen molar-refractivity contribution in [3.05, 3.63) is 72.2 Å². The molecule has 1 unspecified atom stereocenters. The normalized spacial score (nSPS) is 16.1. The monoisotopic (exact) mass is 418 g/mol. The van der Waals surface area contributed by atoms with Crippen LogP contribution in [0.3, 0.4) is 0 Å². The minimum atomic E-state index is 0. The second-order valence-corrected chi connectivity index (χ2v) is 6.58. The SMILES string of the molecule is Cl.Cl.O=C(CCc1ccnc2ccccc12)N1CCNCC1c1cccnc1. The topological polar surface area (TPSA) is 58.1 Å². The summed E-state index contributed by atoms with van der Waals surface area (Å²) in [5, 5.41) is 4.52. The summed E-state index contributed by atoms with van der Waals surface area (Å²) in [6.07, 6.45) is 6.68. The molecule has 7 heteroatoms. The van der Waals surface area contributed by atoms with Crippen LogP contribution in [0.25, 0.3) is 10.9 Å². The van der Waals surface area contributed by atoms with Gasteiger partial charge >= 0.3 is 0 Å². The summed E-state index contributed by atoms with van der Waals surface area (Å²) in [6, 6.07) is 14.1. The van der Waals surface area contributed by atoms with Crippen LogP contribution in [0.15, 0.2) is 61.1 Å². The summed E-state index contributed by atoms with van der Waals surface area (Å²) in [6.45, 7) is 2.34. The Morgan fingerprint density at radius 1 is 1.11 bits per heavy atom. The van der Waals surface area contributed by atoms with Gasteiger partial charge < -0.3 is 10.2 Å². The van der Waals surface area contributed by atoms with E-state index in [0.29, 0.717) is 6.42 Å². The Morgan fingerprint density at radius 3 is 2.79 bits per heavy atom. The minimum Gasteiger partial charge on any atom is -0.333 e. The van der Waals surface area contributed by atoms with Gasteiger partial charge in [-0.1, -0.05) is 24.3 Å². The van der Waals surface area contributed by atoms with Crippen molar-refractivity contribution in [3.8, 4) is 0 Å². The molecule has 2 aromatic heterocycles. The van der Waals surface area contributed by atoms with E-state index in [1.165, 1.54) is 5.56 Å². The fourth-order valence-electron chi connectivity index (χ4n) is 3.63. The van der Waals surface area contributed by atoms with Crippen molar-refractivity contribution in [1.29, 1.82) is 0 Å². The van der Waals surface area contributed by atoms with Gasteiger partial charge in [0.2, 0.25) is 5.91 Å². The molecule has 1 amide bonds. The van der Waals surface area contributed by atoms with Gasteiger partial charge in [-0.05, 0) is 35.7 Å². The molecule has 0 bridgehead atoms. The van der Waals surface area contributed by atoms with E-state index in [4.69, 9.17) is 0 Å². The van der Waals surface area contributed by atoms with Gasteiger partial charge in [0.1, 0.15) is 0 Å². The number of aryl methyl sites for hydroxylation is 1. The summed E-state index contributed by atoms with van der Waals surface area (Å²) >= 11 is 0. The quantitative estimate of drug-likeness (QED) is 0.703. The summed E-state index contributed by atoms with van der Waals surface area (Å²) in [5.74, 6) is 0.196. The number of para-hydroxylation sites is 1. The standard InChI is InChI=1S/C21H22N4O.2ClH/c26-21(8-7-16-9-11-24-19-6-2-1-5-18(16)19)25-13-12-23-15-20(25)17-4-3-10-22-14-17;;/h1-6,9-11,14,20,23H,7-8,12-13,15H2;2*1H. The Hall–Kier alpha value is -2.21. The van der Waals surface area contributed by atoms with E-state index in [9.17, 15) is 4.79 Å². The van der Waals surface area contributed by atoms with Crippen LogP contribution >= 0.6 is 24.8 Å². The van der Waals surface area contributed by atoms with E-state index in [2.05, 4.69) is 21.4 Å². The lowest BCUT2D eigenvalue weighted by molar-refractivity contribution is -0.134. The van der Waals surface area contributed by atoms with Crippen molar-refractivity contribution in [2.24, 2.45) is 0 Å². The Kier molecular flexibility index (Phi) is 8.18. The predicted molar refractivity (Wildman–Crippen MR) is 116 cm³/mol. The average molecular weight is 419 g/mol. The van der Waals surface area contributed by atoms with E-state index in [1.54, 1.807) is 6.20 Å². The van der Waals surface area contributed by atoms with Crippen LogP contribution in [0.1, 0.15) is 23.6 Å². The number of hydrogen-bond donors (Lipinski definition) is 1. The van der Waals surface area contributed by atoms with E-state index >= 15 is 0 Å². The molecule has 148 valence electrons. The first kappa shape index (κ1) is 22.1. The number of halogens is 2. The zero-order valence-electron chi connectivity index (χ0n) is 15.5. The number of carbonyl (C=O) groups excluding carboxylic acids is 1. The van der Waals surface area contributed by atoms with Crippen molar-refractivity contribution >= 4 is 41.6 Å². The molecule has 1 saturated heterocycles. The van der Waals surface area contributed by atoms with Gasteiger partial charge in [-0.2, -0.15) is 0 Å². The first-order valence-electron chi connectivity index (χ1n) is 9.05. The zero-order valence-corrected chi connectivity index (χ0v) is 17.1. The van der Waals surface area contributed by atoms with Gasteiger partial charge in [0, 0.05) is 50.0 Å². The molecule has 1 fully saturated rings. The Morgan fingerprint density at radius 2 is 1.96 bits per heavy atom. The van der Waals surface area contributed by atoms with E-state index in [-0.39, 0.29) is 36.8 Å². The van der Waals surface area contributed by atoms with Crippen LogP contribution in [-0.4, -0.2) is 40.4 Å². The van der Waals surface area contributed by atoms with E-state index < -0.39 is 0 Å². The third kappa shape index (κ3) is 4.79. The highest BCUT2D eigenvalue weighted by Crippen LogP contribution is 2.23. The van der Waals surface area contributed by atoms with Crippen LogP contribution in [0, 0.1) is 0 Å². The lowest BCUT2D eigenvalue weighted by Gasteiger charge is -2.36. The van der Waals surface area contributed by atoms with Crippen LogP contribution in [0.2, 0.25) is 0 Å². The number of carbonyl (C=O) groups is 1. The van der Waals surface area contributed by atoms with Crippen LogP contribution in [0.5, 0.6) is 0 Å². The molecule has 0 radical (unpaired) electrons. The fourth-order valence-corrected chi connectivity index (χ4v) is 3.63. The Labute approximate surface area is 177 Å². The Balaban J connectivity index is 0.00000140. The number of benzene rings is 1. The van der Waals surface area contributed by atoms with Gasteiger partial charge in [0.15, 0.2) is 0 Å². The number of aromatic nitrogens is 2. The average Bonchev–Trinajstić information content (AvgIpc) is 2.72. The maximum absolute atomic E-state index is 13.0. The molecule has 1 N–H and O–H groups in total. The predicted octanol–water partition coefficient (Wildman–Crippen LogP) is 3.58. The molecule has 3 heterocycles. The molecular weight excluding hydrogens is 395 g/mol. The second kappa shape index (κ2) is 10.4. The van der Waals surface area contributed by atoms with Gasteiger partial charge in [0.05, 0.1) is 11.6 Å². The molecule has 3 aromatic rings. The fraction of sp³-hybridized carbons (Fsp3) is 0.286. The van der Waals surface area contributed by atoms with Crippen LogP contribution in [0.4, 0.5) is 0 Å². The first-order chi connectivity index (χ1) is 12.8. The third-order valence-electron chi connectivity index (χ3n) is 4.98. The largest absolute Gasteiger partial charge is 0.333 e. The van der Waals surface area contributed by atoms with Crippen molar-refractivity contribution in [2.45, 2.75) is 18.9 Å². The number of fused-ring (bicyclic) bond motifs is 1. The highest BCUT2D eigenvalue weighted by Gasteiger charge is 2.27. The molecule has 1 aliphatic heterocycles. The lowest BCUT2D eigenvalue weighted by atomic mass is 10.0. The molecule has 1 aliphatic rings. The van der Waals surface area contributed by atoms with Crippen molar-refractivity contribution in [2.75, 3.05) is 19.6 Å². The molecule has 0 spiro atoms. The van der Waals surface area contributed by atoms with Crippen LogP contribution < -0.4 is 5.32 Å². The molecule has 1 atom stereocenters. The summed E-state index contributed by atoms with van der Waals surface area (Å²) in [4.78, 5) is 23.6. The van der Waals surface area contributed by atoms with Crippen molar-refractivity contribution < 1.29 is 4.79 Å². The lowest BCUT2D eigenvalue weighted by Crippen LogP contribution is -2.48. The Bertz CT molecular complexity index is 902. The van der Waals surface area contributed by atoms with Gasteiger partial charge in [-0.3, -0.25) is 14.8 Å². The number of pyridine rings is 2. The van der Waals surface area contributed by atoms with Gasteiger partial charge in [-0.25, -0.2) is 0 Å². The van der Waals surface area contributed by atoms with E-state index in [1.807, 2.05) is 53.7 Å². The summed E-state index contributed by atoms with van der Waals surface area (Å²) < 4.78 is 0. The highest BCUT2D eigenvalue weighted by molar-refractivity contribution is 5.85. The number of nitrogens with zero attached hydrogens (tertiary/aromatic N) is 3. The number of rotatable bonds is 4. The molecule has 0 saturated carbocycles. The van der Waals surface area contributed by atoms with Gasteiger partial charge in [-0.15, -0.1) is 24.8 Å². The number of hydrogen-bond acceptors (Lipinski definition) is 4. The molecule has 28 heavy (non-hydrogen) atoms. The van der Waals surface area contributed by atoms with Crippen molar-refractivity contribution in [3.63, 3.8) is 0 Å². The molecular formula is C21H24Cl2N4O. The summed E-state index contributed by atoms with van der Waals surface area (Å²) in [7, 11) is 0.